The van der Waals surface area contributed by atoms with Crippen LogP contribution in [-0.2, 0) is 19.6 Å². The fraction of sp³-hybridized carbons (Fsp3) is 0.261. The molecule has 9 heteroatoms. The Morgan fingerprint density at radius 3 is 2.47 bits per heavy atom. The van der Waals surface area contributed by atoms with Gasteiger partial charge in [-0.15, -0.1) is 11.3 Å². The number of fused-ring (bicyclic) bond motifs is 1. The van der Waals surface area contributed by atoms with E-state index in [9.17, 15) is 18.0 Å². The van der Waals surface area contributed by atoms with Crippen LogP contribution in [0.3, 0.4) is 0 Å². The zero-order valence-electron chi connectivity index (χ0n) is 17.3. The highest BCUT2D eigenvalue weighted by atomic mass is 32.2. The number of piperidine rings is 1. The lowest BCUT2D eigenvalue weighted by Crippen LogP contribution is -2.35. The second-order valence-corrected chi connectivity index (χ2v) is 10.4. The SMILES string of the molecule is O=C(/C=C/c1nc2ccccc2s1)OCC(=O)c1ccc(S(=O)(=O)N2CCCCC2)cc1. The van der Waals surface area contributed by atoms with E-state index >= 15 is 0 Å². The molecule has 0 radical (unpaired) electrons. The van der Waals surface area contributed by atoms with Crippen molar-refractivity contribution in [2.45, 2.75) is 24.2 Å². The molecule has 1 aromatic heterocycles. The summed E-state index contributed by atoms with van der Waals surface area (Å²) in [5.74, 6) is -1.06. The molecule has 1 saturated heterocycles. The van der Waals surface area contributed by atoms with Gasteiger partial charge in [-0.2, -0.15) is 4.31 Å². The second-order valence-electron chi connectivity index (χ2n) is 7.37. The molecular formula is C23H22N2O5S2. The van der Waals surface area contributed by atoms with Crippen molar-refractivity contribution in [3.8, 4) is 0 Å². The van der Waals surface area contributed by atoms with Gasteiger partial charge in [-0.3, -0.25) is 4.79 Å². The van der Waals surface area contributed by atoms with Gasteiger partial charge in [0.25, 0.3) is 0 Å². The van der Waals surface area contributed by atoms with Crippen LogP contribution in [0.15, 0.2) is 59.5 Å². The van der Waals surface area contributed by atoms with Crippen LogP contribution in [0.25, 0.3) is 16.3 Å². The molecule has 0 atom stereocenters. The molecule has 0 bridgehead atoms. The number of sulfonamides is 1. The number of carbonyl (C=O) groups excluding carboxylic acids is 2. The van der Waals surface area contributed by atoms with Crippen molar-refractivity contribution in [3.63, 3.8) is 0 Å². The van der Waals surface area contributed by atoms with Crippen LogP contribution < -0.4 is 0 Å². The zero-order valence-corrected chi connectivity index (χ0v) is 18.9. The molecule has 0 aliphatic carbocycles. The molecule has 1 aliphatic rings. The topological polar surface area (TPSA) is 93.6 Å². The van der Waals surface area contributed by atoms with E-state index in [1.165, 1.54) is 46.0 Å². The number of ketones is 1. The molecule has 1 aliphatic heterocycles. The molecule has 166 valence electrons. The molecule has 32 heavy (non-hydrogen) atoms. The summed E-state index contributed by atoms with van der Waals surface area (Å²) >= 11 is 1.45. The summed E-state index contributed by atoms with van der Waals surface area (Å²) in [5, 5.41) is 0.667. The van der Waals surface area contributed by atoms with Crippen LogP contribution in [0.2, 0.25) is 0 Å². The first kappa shape index (κ1) is 22.3. The number of nitrogens with zero attached hydrogens (tertiary/aromatic N) is 2. The predicted octanol–water partition coefficient (Wildman–Crippen LogP) is 3.91. The van der Waals surface area contributed by atoms with E-state index in [1.54, 1.807) is 6.08 Å². The molecule has 2 heterocycles. The molecule has 0 N–H and O–H groups in total. The highest BCUT2D eigenvalue weighted by molar-refractivity contribution is 7.89. The van der Waals surface area contributed by atoms with Crippen LogP contribution >= 0.6 is 11.3 Å². The summed E-state index contributed by atoms with van der Waals surface area (Å²) in [5.41, 5.74) is 1.14. The van der Waals surface area contributed by atoms with E-state index in [0.29, 0.717) is 18.1 Å². The molecule has 3 aromatic rings. The van der Waals surface area contributed by atoms with Crippen LogP contribution in [0.1, 0.15) is 34.6 Å². The summed E-state index contributed by atoms with van der Waals surface area (Å²) in [6, 6.07) is 13.4. The number of esters is 1. The van der Waals surface area contributed by atoms with Gasteiger partial charge in [0.15, 0.2) is 12.4 Å². The maximum atomic E-state index is 12.7. The Morgan fingerprint density at radius 1 is 1.03 bits per heavy atom. The Morgan fingerprint density at radius 2 is 1.75 bits per heavy atom. The monoisotopic (exact) mass is 470 g/mol. The van der Waals surface area contributed by atoms with Crippen molar-refractivity contribution in [2.75, 3.05) is 19.7 Å². The first-order chi connectivity index (χ1) is 15.4. The summed E-state index contributed by atoms with van der Waals surface area (Å²) in [7, 11) is -3.55. The molecule has 4 rings (SSSR count). The Balaban J connectivity index is 1.33. The van der Waals surface area contributed by atoms with Gasteiger partial charge in [-0.05, 0) is 55.3 Å². The fourth-order valence-electron chi connectivity index (χ4n) is 3.44. The van der Waals surface area contributed by atoms with Crippen LogP contribution in [0, 0.1) is 0 Å². The molecule has 0 amide bonds. The van der Waals surface area contributed by atoms with Crippen LogP contribution in [-0.4, -0.2) is 49.2 Å². The van der Waals surface area contributed by atoms with Crippen molar-refractivity contribution in [3.05, 3.63) is 65.2 Å². The normalized spacial score (nSPS) is 15.2. The maximum Gasteiger partial charge on any atom is 0.331 e. The number of hydrogen-bond acceptors (Lipinski definition) is 7. The van der Waals surface area contributed by atoms with Crippen molar-refractivity contribution >= 4 is 49.4 Å². The van der Waals surface area contributed by atoms with E-state index in [-0.39, 0.29) is 10.5 Å². The first-order valence-electron chi connectivity index (χ1n) is 10.3. The van der Waals surface area contributed by atoms with Gasteiger partial charge in [0, 0.05) is 24.7 Å². The number of rotatable bonds is 7. The minimum absolute atomic E-state index is 0.159. The van der Waals surface area contributed by atoms with E-state index in [1.807, 2.05) is 24.3 Å². The summed E-state index contributed by atoms with van der Waals surface area (Å²) in [6.07, 6.45) is 5.54. The maximum absolute atomic E-state index is 12.7. The molecular weight excluding hydrogens is 448 g/mol. The smallest absolute Gasteiger partial charge is 0.331 e. The molecule has 0 saturated carbocycles. The molecule has 0 spiro atoms. The number of ether oxygens (including phenoxy) is 1. The minimum Gasteiger partial charge on any atom is -0.454 e. The van der Waals surface area contributed by atoms with E-state index < -0.39 is 28.4 Å². The highest BCUT2D eigenvalue weighted by Crippen LogP contribution is 2.23. The Bertz CT molecular complexity index is 1220. The minimum atomic E-state index is -3.55. The number of hydrogen-bond donors (Lipinski definition) is 0. The summed E-state index contributed by atoms with van der Waals surface area (Å²) in [4.78, 5) is 28.8. The molecule has 1 fully saturated rings. The Hall–Kier alpha value is -2.88. The largest absolute Gasteiger partial charge is 0.454 e. The van der Waals surface area contributed by atoms with Crippen LogP contribution in [0.5, 0.6) is 0 Å². The van der Waals surface area contributed by atoms with Gasteiger partial charge < -0.3 is 4.74 Å². The van der Waals surface area contributed by atoms with Crippen molar-refractivity contribution < 1.29 is 22.7 Å². The van der Waals surface area contributed by atoms with Gasteiger partial charge >= 0.3 is 5.97 Å². The Labute approximate surface area is 190 Å². The number of carbonyl (C=O) groups is 2. The summed E-state index contributed by atoms with van der Waals surface area (Å²) in [6.45, 7) is 0.605. The second kappa shape index (κ2) is 9.72. The van der Waals surface area contributed by atoms with Gasteiger partial charge in [0.2, 0.25) is 10.0 Å². The third-order valence-electron chi connectivity index (χ3n) is 5.15. The number of aromatic nitrogens is 1. The summed E-state index contributed by atoms with van der Waals surface area (Å²) < 4.78 is 32.9. The van der Waals surface area contributed by atoms with Crippen LogP contribution in [0.4, 0.5) is 0 Å². The van der Waals surface area contributed by atoms with Crippen molar-refractivity contribution in [1.29, 1.82) is 0 Å². The average Bonchev–Trinajstić information content (AvgIpc) is 3.25. The zero-order chi connectivity index (χ0) is 22.6. The fourth-order valence-corrected chi connectivity index (χ4v) is 5.82. The van der Waals surface area contributed by atoms with E-state index in [4.69, 9.17) is 4.74 Å². The van der Waals surface area contributed by atoms with Crippen molar-refractivity contribution in [1.82, 2.24) is 9.29 Å². The highest BCUT2D eigenvalue weighted by Gasteiger charge is 2.26. The Kier molecular flexibility index (Phi) is 6.78. The number of benzene rings is 2. The predicted molar refractivity (Wildman–Crippen MR) is 123 cm³/mol. The number of para-hydroxylation sites is 1. The van der Waals surface area contributed by atoms with Gasteiger partial charge in [0.05, 0.1) is 15.1 Å². The average molecular weight is 471 g/mol. The third-order valence-corrected chi connectivity index (χ3v) is 8.06. The lowest BCUT2D eigenvalue weighted by molar-refractivity contribution is -0.136. The van der Waals surface area contributed by atoms with Gasteiger partial charge in [-0.25, -0.2) is 18.2 Å². The first-order valence-corrected chi connectivity index (χ1v) is 12.5. The van der Waals surface area contributed by atoms with E-state index in [0.717, 1.165) is 29.5 Å². The number of thiazole rings is 1. The van der Waals surface area contributed by atoms with Gasteiger partial charge in [0.1, 0.15) is 5.01 Å². The molecule has 2 aromatic carbocycles. The third kappa shape index (κ3) is 5.12. The lowest BCUT2D eigenvalue weighted by Gasteiger charge is -2.25. The standard InChI is InChI=1S/C23H22N2O5S2/c26-20(16-30-23(27)13-12-22-24-19-6-2-3-7-21(19)31-22)17-8-10-18(11-9-17)32(28,29)25-14-4-1-5-15-25/h2-3,6-13H,1,4-5,14-16H2/b13-12+. The quantitative estimate of drug-likeness (QED) is 0.295. The number of Topliss-reactive ketones (excluding diaryl/α,β-unsaturated/α-hetero) is 1. The van der Waals surface area contributed by atoms with Gasteiger partial charge in [-0.1, -0.05) is 18.6 Å². The molecule has 7 nitrogen and oxygen atoms in total. The van der Waals surface area contributed by atoms with E-state index in [2.05, 4.69) is 4.98 Å². The lowest BCUT2D eigenvalue weighted by atomic mass is 10.1. The molecule has 0 unspecified atom stereocenters. The van der Waals surface area contributed by atoms with Crippen molar-refractivity contribution in [2.24, 2.45) is 0 Å².